The average molecular weight is 641 g/mol. The summed E-state index contributed by atoms with van der Waals surface area (Å²) in [5, 5.41) is 20.4. The second-order valence-corrected chi connectivity index (χ2v) is 11.7. The fraction of sp³-hybridized carbons (Fsp3) is 0.419. The third-order valence-electron chi connectivity index (χ3n) is 8.09. The number of β-amino-alcohol motifs (C(OH)–C–C–N with tert-alkyl or cyclic N) is 1. The fourth-order valence-corrected chi connectivity index (χ4v) is 5.97. The molecule has 0 aliphatic carbocycles. The first-order valence-corrected chi connectivity index (χ1v) is 14.9. The molecule has 232 valence electrons. The van der Waals surface area contributed by atoms with Crippen molar-refractivity contribution >= 4 is 52.1 Å². The van der Waals surface area contributed by atoms with Crippen molar-refractivity contribution in [3.05, 3.63) is 75.9 Å². The number of carboxylic acids is 1. The Balaban J connectivity index is 0.000000541. The van der Waals surface area contributed by atoms with Crippen LogP contribution >= 0.6 is 23.2 Å². The lowest BCUT2D eigenvalue weighted by Gasteiger charge is -2.37. The number of carbonyl (C=O) groups is 2. The van der Waals surface area contributed by atoms with Crippen LogP contribution < -0.4 is 0 Å². The van der Waals surface area contributed by atoms with Crippen molar-refractivity contribution in [3.63, 3.8) is 0 Å². The Bertz CT molecular complexity index is 1430. The lowest BCUT2D eigenvalue weighted by molar-refractivity contribution is -0.192. The largest absolute Gasteiger partial charge is 0.490 e. The summed E-state index contributed by atoms with van der Waals surface area (Å²) in [6.07, 6.45) is 4.00. The molecule has 0 spiro atoms. The van der Waals surface area contributed by atoms with Gasteiger partial charge in [0.25, 0.3) is 0 Å². The molecular formula is C31H34Cl2F3N3O4. The molecule has 3 N–H and O–H groups in total. The maximum absolute atomic E-state index is 12.6. The van der Waals surface area contributed by atoms with Crippen LogP contribution in [0.1, 0.15) is 42.7 Å². The Kier molecular flexibility index (Phi) is 11.2. The van der Waals surface area contributed by atoms with E-state index in [1.165, 1.54) is 16.5 Å². The molecule has 3 aromatic rings. The number of piperidine rings is 2. The smallest absolute Gasteiger partial charge is 0.475 e. The number of nitrogens with zero attached hydrogens (tertiary/aromatic N) is 2. The number of alkyl halides is 3. The van der Waals surface area contributed by atoms with E-state index in [4.69, 9.17) is 33.1 Å². The first kappa shape index (κ1) is 32.9. The Hall–Kier alpha value is -3.05. The van der Waals surface area contributed by atoms with Gasteiger partial charge in [-0.2, -0.15) is 13.2 Å². The van der Waals surface area contributed by atoms with Crippen LogP contribution in [0.25, 0.3) is 17.0 Å². The van der Waals surface area contributed by atoms with Crippen molar-refractivity contribution in [2.24, 2.45) is 5.92 Å². The molecule has 1 atom stereocenters. The highest BCUT2D eigenvalue weighted by Gasteiger charge is 2.38. The number of benzene rings is 2. The van der Waals surface area contributed by atoms with E-state index in [0.29, 0.717) is 29.1 Å². The number of amides is 1. The molecule has 2 saturated heterocycles. The number of nitrogens with one attached hydrogen (secondary N) is 1. The number of hydrogen-bond acceptors (Lipinski definition) is 4. The lowest BCUT2D eigenvalue weighted by atomic mass is 9.87. The fourth-order valence-electron chi connectivity index (χ4n) is 5.67. The molecule has 43 heavy (non-hydrogen) atoms. The van der Waals surface area contributed by atoms with Crippen molar-refractivity contribution in [1.29, 1.82) is 0 Å². The van der Waals surface area contributed by atoms with Gasteiger partial charge in [-0.3, -0.25) is 4.79 Å². The summed E-state index contributed by atoms with van der Waals surface area (Å²) in [6, 6.07) is 13.8. The van der Waals surface area contributed by atoms with Crippen molar-refractivity contribution < 1.29 is 33.0 Å². The molecule has 1 unspecified atom stereocenters. The number of carbonyl (C=O) groups excluding carboxylic acids is 1. The van der Waals surface area contributed by atoms with Gasteiger partial charge in [0.15, 0.2) is 0 Å². The minimum atomic E-state index is -5.08. The van der Waals surface area contributed by atoms with E-state index in [1.807, 2.05) is 11.0 Å². The van der Waals surface area contributed by atoms with Crippen LogP contribution in [0.3, 0.4) is 0 Å². The molecule has 2 aliphatic rings. The van der Waals surface area contributed by atoms with Crippen LogP contribution in [0, 0.1) is 5.92 Å². The van der Waals surface area contributed by atoms with E-state index in [1.54, 1.807) is 24.3 Å². The summed E-state index contributed by atoms with van der Waals surface area (Å²) in [7, 11) is 0. The monoisotopic (exact) mass is 639 g/mol. The number of aliphatic hydroxyl groups is 1. The van der Waals surface area contributed by atoms with Gasteiger partial charge in [-0.1, -0.05) is 47.5 Å². The third kappa shape index (κ3) is 8.98. The Morgan fingerprint density at radius 3 is 2.28 bits per heavy atom. The number of fused-ring (bicyclic) bond motifs is 1. The Labute approximate surface area is 257 Å². The molecule has 2 aliphatic heterocycles. The number of likely N-dealkylation sites (tertiary alicyclic amines) is 2. The van der Waals surface area contributed by atoms with Crippen molar-refractivity contribution in [3.8, 4) is 0 Å². The zero-order valence-corrected chi connectivity index (χ0v) is 24.9. The molecule has 5 rings (SSSR count). The van der Waals surface area contributed by atoms with Gasteiger partial charge in [0, 0.05) is 42.8 Å². The van der Waals surface area contributed by atoms with Crippen molar-refractivity contribution in [2.75, 3.05) is 32.7 Å². The first-order chi connectivity index (χ1) is 20.4. The van der Waals surface area contributed by atoms with E-state index < -0.39 is 12.1 Å². The number of rotatable bonds is 6. The zero-order chi connectivity index (χ0) is 31.1. The summed E-state index contributed by atoms with van der Waals surface area (Å²) in [6.45, 7) is 4.09. The standard InChI is InChI=1S/C29H33Cl2N3O2.C2HF3O2/c30-25-7-5-20(17-26(25)31)6-8-29(36)34-15-11-22(12-16-34)28(35)19-33-13-9-21(10-14-33)24-18-32-27-4-2-1-3-23(24)27;3-2(4,5)1(6)7/h1-8,17-18,21-22,28,32,35H,9-16,19H2;(H,6,7)/b8-6+;. The van der Waals surface area contributed by atoms with Gasteiger partial charge >= 0.3 is 12.1 Å². The first-order valence-electron chi connectivity index (χ1n) is 14.1. The minimum Gasteiger partial charge on any atom is -0.475 e. The van der Waals surface area contributed by atoms with Crippen molar-refractivity contribution in [1.82, 2.24) is 14.8 Å². The number of hydrogen-bond donors (Lipinski definition) is 3. The predicted molar refractivity (Wildman–Crippen MR) is 161 cm³/mol. The summed E-state index contributed by atoms with van der Waals surface area (Å²) in [5.74, 6) is -1.96. The molecular weight excluding hydrogens is 606 g/mol. The molecule has 0 radical (unpaired) electrons. The molecule has 0 bridgehead atoms. The summed E-state index contributed by atoms with van der Waals surface area (Å²) in [4.78, 5) is 29.2. The molecule has 3 heterocycles. The van der Waals surface area contributed by atoms with Crippen LogP contribution in [0.4, 0.5) is 13.2 Å². The molecule has 2 fully saturated rings. The SMILES string of the molecule is O=C(/C=C/c1ccc(Cl)c(Cl)c1)N1CCC(C(O)CN2CCC(c3c[nH]c4ccccc34)CC2)CC1.O=C(O)C(F)(F)F. The normalized spacial score (nSPS) is 18.0. The number of aliphatic carboxylic acids is 1. The molecule has 7 nitrogen and oxygen atoms in total. The summed E-state index contributed by atoms with van der Waals surface area (Å²) >= 11 is 12.0. The summed E-state index contributed by atoms with van der Waals surface area (Å²) in [5.41, 5.74) is 3.48. The zero-order valence-electron chi connectivity index (χ0n) is 23.4. The van der Waals surface area contributed by atoms with Gasteiger partial charge < -0.3 is 25.0 Å². The van der Waals surface area contributed by atoms with Crippen molar-refractivity contribution in [2.45, 2.75) is 43.9 Å². The number of aromatic amines is 1. The Morgan fingerprint density at radius 2 is 1.65 bits per heavy atom. The Morgan fingerprint density at radius 1 is 1.00 bits per heavy atom. The molecule has 1 aromatic heterocycles. The summed E-state index contributed by atoms with van der Waals surface area (Å²) < 4.78 is 31.7. The average Bonchev–Trinajstić information content (AvgIpc) is 3.42. The van der Waals surface area contributed by atoms with E-state index in [0.717, 1.165) is 50.9 Å². The van der Waals surface area contributed by atoms with Gasteiger partial charge in [-0.25, -0.2) is 4.79 Å². The number of aliphatic hydroxyl groups excluding tert-OH is 1. The molecule has 12 heteroatoms. The van der Waals surface area contributed by atoms with Gasteiger partial charge in [0.05, 0.1) is 16.1 Å². The van der Waals surface area contributed by atoms with Crippen LogP contribution in [-0.2, 0) is 9.59 Å². The molecule has 0 saturated carbocycles. The maximum Gasteiger partial charge on any atom is 0.490 e. The highest BCUT2D eigenvalue weighted by Crippen LogP contribution is 2.33. The second-order valence-electron chi connectivity index (χ2n) is 10.9. The van der Waals surface area contributed by atoms with E-state index in [-0.39, 0.29) is 17.9 Å². The van der Waals surface area contributed by atoms with E-state index >= 15 is 0 Å². The highest BCUT2D eigenvalue weighted by atomic mass is 35.5. The molecule has 2 aromatic carbocycles. The van der Waals surface area contributed by atoms with Gasteiger partial charge in [-0.05, 0) is 86.0 Å². The lowest BCUT2D eigenvalue weighted by Crippen LogP contribution is -2.45. The number of aromatic nitrogens is 1. The number of carboxylic acid groups (broad SMARTS) is 1. The quantitative estimate of drug-likeness (QED) is 0.264. The number of para-hydroxylation sites is 1. The van der Waals surface area contributed by atoms with E-state index in [9.17, 15) is 23.1 Å². The van der Waals surface area contributed by atoms with Crippen LogP contribution in [-0.4, -0.2) is 81.9 Å². The topological polar surface area (TPSA) is 96.9 Å². The van der Waals surface area contributed by atoms with Crippen LogP contribution in [0.5, 0.6) is 0 Å². The number of H-pyrrole nitrogens is 1. The van der Waals surface area contributed by atoms with Gasteiger partial charge in [0.1, 0.15) is 0 Å². The predicted octanol–water partition coefficient (Wildman–Crippen LogP) is 6.60. The molecule has 1 amide bonds. The number of halogens is 5. The second kappa shape index (κ2) is 14.6. The van der Waals surface area contributed by atoms with Crippen LogP contribution in [0.2, 0.25) is 10.0 Å². The van der Waals surface area contributed by atoms with E-state index in [2.05, 4.69) is 40.3 Å². The van der Waals surface area contributed by atoms with Gasteiger partial charge in [0.2, 0.25) is 5.91 Å². The maximum atomic E-state index is 12.6. The van der Waals surface area contributed by atoms with Gasteiger partial charge in [-0.15, -0.1) is 0 Å². The minimum absolute atomic E-state index is 0.00614. The third-order valence-corrected chi connectivity index (χ3v) is 8.83. The highest BCUT2D eigenvalue weighted by molar-refractivity contribution is 6.42. The van der Waals surface area contributed by atoms with Crippen LogP contribution in [0.15, 0.2) is 54.7 Å².